The van der Waals surface area contributed by atoms with Gasteiger partial charge in [0.2, 0.25) is 0 Å². The molecule has 1 spiro atoms. The molecule has 0 unspecified atom stereocenters. The molecule has 0 aromatic carbocycles. The molecule has 4 heteroatoms. The lowest BCUT2D eigenvalue weighted by Gasteiger charge is -2.47. The molecule has 0 atom stereocenters. The molecule has 0 saturated carbocycles. The highest BCUT2D eigenvalue weighted by Gasteiger charge is 2.56. The number of rotatable bonds is 0. The van der Waals surface area contributed by atoms with Crippen molar-refractivity contribution in [2.45, 2.75) is 31.8 Å². The Labute approximate surface area is 77.8 Å². The zero-order valence-corrected chi connectivity index (χ0v) is 8.29. The molecule has 0 radical (unpaired) electrons. The Morgan fingerprint density at radius 3 is 2.23 bits per heavy atom. The molecule has 2 saturated heterocycles. The summed E-state index contributed by atoms with van der Waals surface area (Å²) in [6.45, 7) is 7.73. The van der Waals surface area contributed by atoms with Crippen LogP contribution >= 0.6 is 0 Å². The van der Waals surface area contributed by atoms with Crippen molar-refractivity contribution in [1.82, 2.24) is 4.90 Å². The van der Waals surface area contributed by atoms with E-state index in [9.17, 15) is 4.79 Å². The third kappa shape index (κ3) is 1.12. The number of amides is 1. The molecule has 2 rings (SSSR count). The molecule has 74 valence electrons. The SMILES string of the molecule is CC(C)(C)N1C(=O)OCC12COC2. The van der Waals surface area contributed by atoms with E-state index < -0.39 is 0 Å². The standard InChI is InChI=1S/C9H15NO3/c1-8(2,3)10-7(11)13-6-9(10)4-12-5-9/h4-6H2,1-3H3. The average Bonchev–Trinajstić information content (AvgIpc) is 2.23. The fraction of sp³-hybridized carbons (Fsp3) is 0.889. The molecule has 0 aromatic rings. The maximum atomic E-state index is 11.5. The van der Waals surface area contributed by atoms with Crippen molar-refractivity contribution in [3.05, 3.63) is 0 Å². The molecule has 0 aromatic heterocycles. The largest absolute Gasteiger partial charge is 0.447 e. The van der Waals surface area contributed by atoms with Crippen molar-refractivity contribution in [2.24, 2.45) is 0 Å². The van der Waals surface area contributed by atoms with E-state index in [0.717, 1.165) is 0 Å². The van der Waals surface area contributed by atoms with Crippen molar-refractivity contribution in [3.63, 3.8) is 0 Å². The fourth-order valence-electron chi connectivity index (χ4n) is 2.05. The first-order chi connectivity index (χ1) is 5.96. The zero-order valence-electron chi connectivity index (χ0n) is 8.29. The summed E-state index contributed by atoms with van der Waals surface area (Å²) in [7, 11) is 0. The molecule has 1 amide bonds. The molecule has 2 heterocycles. The number of carbonyl (C=O) groups excluding carboxylic acids is 1. The highest BCUT2D eigenvalue weighted by molar-refractivity contribution is 5.72. The number of hydrogen-bond donors (Lipinski definition) is 0. The lowest BCUT2D eigenvalue weighted by molar-refractivity contribution is -0.130. The summed E-state index contributed by atoms with van der Waals surface area (Å²) >= 11 is 0. The minimum absolute atomic E-state index is 0.171. The van der Waals surface area contributed by atoms with Crippen LogP contribution in [0.4, 0.5) is 4.79 Å². The van der Waals surface area contributed by atoms with Gasteiger partial charge in [0.05, 0.1) is 13.2 Å². The third-order valence-corrected chi connectivity index (χ3v) is 2.53. The highest BCUT2D eigenvalue weighted by Crippen LogP contribution is 2.36. The van der Waals surface area contributed by atoms with Crippen LogP contribution in [-0.4, -0.2) is 41.9 Å². The first-order valence-corrected chi connectivity index (χ1v) is 4.51. The van der Waals surface area contributed by atoms with E-state index in [1.807, 2.05) is 25.7 Å². The first kappa shape index (κ1) is 8.81. The van der Waals surface area contributed by atoms with E-state index in [4.69, 9.17) is 9.47 Å². The van der Waals surface area contributed by atoms with Gasteiger partial charge in [0.15, 0.2) is 0 Å². The van der Waals surface area contributed by atoms with Gasteiger partial charge in [-0.25, -0.2) is 4.79 Å². The van der Waals surface area contributed by atoms with Crippen molar-refractivity contribution in [3.8, 4) is 0 Å². The van der Waals surface area contributed by atoms with Crippen LogP contribution in [0.3, 0.4) is 0 Å². The summed E-state index contributed by atoms with van der Waals surface area (Å²) in [4.78, 5) is 13.3. The molecule has 2 aliphatic rings. The normalized spacial score (nSPS) is 26.1. The second-order valence-electron chi connectivity index (χ2n) is 4.78. The van der Waals surface area contributed by atoms with E-state index in [1.165, 1.54) is 0 Å². The number of cyclic esters (lactones) is 1. The van der Waals surface area contributed by atoms with Crippen LogP contribution < -0.4 is 0 Å². The Balaban J connectivity index is 2.26. The summed E-state index contributed by atoms with van der Waals surface area (Å²) in [5.41, 5.74) is -0.354. The average molecular weight is 185 g/mol. The molecule has 13 heavy (non-hydrogen) atoms. The molecule has 2 fully saturated rings. The Hall–Kier alpha value is -0.770. The molecule has 0 aliphatic carbocycles. The predicted molar refractivity (Wildman–Crippen MR) is 46.5 cm³/mol. The fourth-order valence-corrected chi connectivity index (χ4v) is 2.05. The lowest BCUT2D eigenvalue weighted by Crippen LogP contribution is -2.66. The van der Waals surface area contributed by atoms with Gasteiger partial charge >= 0.3 is 6.09 Å². The van der Waals surface area contributed by atoms with Crippen LogP contribution in [0.2, 0.25) is 0 Å². The van der Waals surface area contributed by atoms with Crippen LogP contribution in [0.1, 0.15) is 20.8 Å². The Kier molecular flexibility index (Phi) is 1.61. The van der Waals surface area contributed by atoms with Crippen LogP contribution in [-0.2, 0) is 9.47 Å². The second-order valence-corrected chi connectivity index (χ2v) is 4.78. The van der Waals surface area contributed by atoms with Gasteiger partial charge in [-0.15, -0.1) is 0 Å². The quantitative estimate of drug-likeness (QED) is 0.565. The minimum Gasteiger partial charge on any atom is -0.447 e. The van der Waals surface area contributed by atoms with Crippen molar-refractivity contribution in [1.29, 1.82) is 0 Å². The summed E-state index contributed by atoms with van der Waals surface area (Å²) in [6, 6.07) is 0. The van der Waals surface area contributed by atoms with Gasteiger partial charge < -0.3 is 9.47 Å². The first-order valence-electron chi connectivity index (χ1n) is 4.51. The Bertz CT molecular complexity index is 240. The third-order valence-electron chi connectivity index (χ3n) is 2.53. The van der Waals surface area contributed by atoms with Gasteiger partial charge in [0, 0.05) is 5.54 Å². The molecule has 4 nitrogen and oxygen atoms in total. The number of nitrogens with zero attached hydrogens (tertiary/aromatic N) is 1. The van der Waals surface area contributed by atoms with Crippen LogP contribution in [0, 0.1) is 0 Å². The van der Waals surface area contributed by atoms with E-state index in [-0.39, 0.29) is 17.2 Å². The van der Waals surface area contributed by atoms with Gasteiger partial charge in [0.25, 0.3) is 0 Å². The molecule has 2 aliphatic heterocycles. The van der Waals surface area contributed by atoms with Gasteiger partial charge in [-0.1, -0.05) is 0 Å². The molecular weight excluding hydrogens is 170 g/mol. The molecule has 0 N–H and O–H groups in total. The van der Waals surface area contributed by atoms with Gasteiger partial charge in [0.1, 0.15) is 12.1 Å². The smallest absolute Gasteiger partial charge is 0.411 e. The monoisotopic (exact) mass is 185 g/mol. The van der Waals surface area contributed by atoms with Crippen LogP contribution in [0.25, 0.3) is 0 Å². The second kappa shape index (κ2) is 2.38. The molecule has 0 bridgehead atoms. The van der Waals surface area contributed by atoms with Gasteiger partial charge in [-0.05, 0) is 20.8 Å². The maximum absolute atomic E-state index is 11.5. The maximum Gasteiger partial charge on any atom is 0.411 e. The van der Waals surface area contributed by atoms with E-state index in [0.29, 0.717) is 19.8 Å². The predicted octanol–water partition coefficient (Wildman–Crippen LogP) is 1.01. The van der Waals surface area contributed by atoms with E-state index in [2.05, 4.69) is 0 Å². The zero-order chi connectivity index (χ0) is 9.69. The van der Waals surface area contributed by atoms with E-state index >= 15 is 0 Å². The van der Waals surface area contributed by atoms with Crippen molar-refractivity contribution >= 4 is 6.09 Å². The van der Waals surface area contributed by atoms with Crippen LogP contribution in [0.5, 0.6) is 0 Å². The van der Waals surface area contributed by atoms with Crippen molar-refractivity contribution in [2.75, 3.05) is 19.8 Å². The Morgan fingerprint density at radius 2 is 1.92 bits per heavy atom. The lowest BCUT2D eigenvalue weighted by atomic mass is 9.92. The number of hydrogen-bond acceptors (Lipinski definition) is 3. The minimum atomic E-state index is -0.212. The molecular formula is C9H15NO3. The number of ether oxygens (including phenoxy) is 2. The van der Waals surface area contributed by atoms with E-state index in [1.54, 1.807) is 0 Å². The topological polar surface area (TPSA) is 38.8 Å². The Morgan fingerprint density at radius 1 is 1.31 bits per heavy atom. The summed E-state index contributed by atoms with van der Waals surface area (Å²) in [6.07, 6.45) is -0.212. The summed E-state index contributed by atoms with van der Waals surface area (Å²) in [5.74, 6) is 0. The highest BCUT2D eigenvalue weighted by atomic mass is 16.6. The van der Waals surface area contributed by atoms with Crippen molar-refractivity contribution < 1.29 is 14.3 Å². The summed E-state index contributed by atoms with van der Waals surface area (Å²) < 4.78 is 10.2. The van der Waals surface area contributed by atoms with Gasteiger partial charge in [-0.3, -0.25) is 4.90 Å². The summed E-state index contributed by atoms with van der Waals surface area (Å²) in [5, 5.41) is 0. The number of carbonyl (C=O) groups is 1. The van der Waals surface area contributed by atoms with Gasteiger partial charge in [-0.2, -0.15) is 0 Å². The van der Waals surface area contributed by atoms with Crippen LogP contribution in [0.15, 0.2) is 0 Å².